The van der Waals surface area contributed by atoms with Crippen molar-refractivity contribution in [1.82, 2.24) is 0 Å². The van der Waals surface area contributed by atoms with Gasteiger partial charge in [-0.15, -0.1) is 0 Å². The maximum atomic E-state index is 15.2. The first-order chi connectivity index (χ1) is 18.1. The van der Waals surface area contributed by atoms with Crippen LogP contribution < -0.4 is 0 Å². The van der Waals surface area contributed by atoms with Crippen LogP contribution in [0.4, 0.5) is 8.78 Å². The van der Waals surface area contributed by atoms with Crippen LogP contribution in [0.25, 0.3) is 0 Å². The Bertz CT molecular complexity index is 1210. The van der Waals surface area contributed by atoms with Crippen molar-refractivity contribution in [3.8, 4) is 0 Å². The molecule has 4 atom stereocenters. The fourth-order valence-corrected chi connectivity index (χ4v) is 5.15. The average molecular weight is 501 g/mol. The lowest BCUT2D eigenvalue weighted by molar-refractivity contribution is -0.344. The van der Waals surface area contributed by atoms with Crippen LogP contribution in [0.2, 0.25) is 0 Å². The zero-order valence-electron chi connectivity index (χ0n) is 20.0. The molecule has 0 spiro atoms. The molecule has 0 aromatic heterocycles. The van der Waals surface area contributed by atoms with E-state index >= 15 is 8.78 Å². The Hall–Kier alpha value is -3.42. The fourth-order valence-electron chi connectivity index (χ4n) is 5.15. The third-order valence-corrected chi connectivity index (χ3v) is 6.92. The van der Waals surface area contributed by atoms with Crippen molar-refractivity contribution in [3.63, 3.8) is 0 Å². The van der Waals surface area contributed by atoms with E-state index in [2.05, 4.69) is 0 Å². The van der Waals surface area contributed by atoms with Gasteiger partial charge in [0.15, 0.2) is 12.4 Å². The molecular formula is C31H26F2O4. The largest absolute Gasteiger partial charge is 0.358 e. The normalized spacial score (nSPS) is 24.6. The van der Waals surface area contributed by atoms with Gasteiger partial charge >= 0.3 is 5.92 Å². The molecule has 2 fully saturated rings. The Kier molecular flexibility index (Phi) is 6.34. The van der Waals surface area contributed by atoms with Crippen molar-refractivity contribution in [3.05, 3.63) is 144 Å². The second-order valence-corrected chi connectivity index (χ2v) is 9.21. The predicted molar refractivity (Wildman–Crippen MR) is 134 cm³/mol. The third-order valence-electron chi connectivity index (χ3n) is 6.92. The minimum atomic E-state index is -3.31. The molecule has 4 aromatic carbocycles. The van der Waals surface area contributed by atoms with E-state index < -0.39 is 36.3 Å². The maximum Gasteiger partial charge on any atom is 0.326 e. The molecule has 4 nitrogen and oxygen atoms in total. The van der Waals surface area contributed by atoms with Crippen LogP contribution in [0.3, 0.4) is 0 Å². The van der Waals surface area contributed by atoms with Crippen LogP contribution in [-0.4, -0.2) is 31.0 Å². The highest BCUT2D eigenvalue weighted by molar-refractivity contribution is 5.47. The van der Waals surface area contributed by atoms with Crippen molar-refractivity contribution in [2.75, 3.05) is 6.61 Å². The van der Waals surface area contributed by atoms with Gasteiger partial charge in [0.1, 0.15) is 11.7 Å². The summed E-state index contributed by atoms with van der Waals surface area (Å²) in [5, 5.41) is 0. The predicted octanol–water partition coefficient (Wildman–Crippen LogP) is 6.47. The minimum absolute atomic E-state index is 0.139. The molecule has 37 heavy (non-hydrogen) atoms. The standard InChI is InChI=1S/C31H26F2O4/c32-31(33)27-26(35-29(31)37-28(36-27)22-13-5-1-6-14-22)21-34-30(23-15-7-2-8-16-23,24-17-9-3-10-18-24)25-19-11-4-12-20-25/h1-20,26-29H,21H2/t26-,27?,28?,29-/m1/s1. The van der Waals surface area contributed by atoms with E-state index in [9.17, 15) is 0 Å². The summed E-state index contributed by atoms with van der Waals surface area (Å²) in [6, 6.07) is 38.3. The number of fused-ring (bicyclic) bond motifs is 2. The van der Waals surface area contributed by atoms with Gasteiger partial charge in [0.25, 0.3) is 0 Å². The molecule has 2 heterocycles. The Morgan fingerprint density at radius 3 is 1.57 bits per heavy atom. The molecule has 6 heteroatoms. The van der Waals surface area contributed by atoms with Crippen LogP contribution in [0.15, 0.2) is 121 Å². The van der Waals surface area contributed by atoms with Gasteiger partial charge in [-0.3, -0.25) is 0 Å². The van der Waals surface area contributed by atoms with Crippen molar-refractivity contribution < 1.29 is 27.7 Å². The van der Waals surface area contributed by atoms with E-state index in [1.165, 1.54) is 0 Å². The van der Waals surface area contributed by atoms with Gasteiger partial charge in [-0.2, -0.15) is 8.78 Å². The van der Waals surface area contributed by atoms with Gasteiger partial charge in [-0.05, 0) is 16.7 Å². The minimum Gasteiger partial charge on any atom is -0.358 e. The Morgan fingerprint density at radius 1 is 0.622 bits per heavy atom. The first kappa shape index (κ1) is 23.9. The molecule has 2 aliphatic rings. The third kappa shape index (κ3) is 4.26. The van der Waals surface area contributed by atoms with E-state index in [1.807, 2.05) is 109 Å². The van der Waals surface area contributed by atoms with Gasteiger partial charge in [-0.25, -0.2) is 0 Å². The molecule has 4 aromatic rings. The zero-order chi connectivity index (χ0) is 25.3. The summed E-state index contributed by atoms with van der Waals surface area (Å²) in [6.07, 6.45) is -5.21. The van der Waals surface area contributed by atoms with E-state index in [4.69, 9.17) is 18.9 Å². The van der Waals surface area contributed by atoms with Crippen molar-refractivity contribution >= 4 is 0 Å². The van der Waals surface area contributed by atoms with Gasteiger partial charge in [0, 0.05) is 5.56 Å². The zero-order valence-corrected chi connectivity index (χ0v) is 20.0. The molecule has 6 rings (SSSR count). The number of hydrogen-bond donors (Lipinski definition) is 0. The Balaban J connectivity index is 1.36. The summed E-state index contributed by atoms with van der Waals surface area (Å²) in [6.45, 7) is -0.139. The van der Waals surface area contributed by atoms with Crippen LogP contribution in [0.5, 0.6) is 0 Å². The summed E-state index contributed by atoms with van der Waals surface area (Å²) >= 11 is 0. The quantitative estimate of drug-likeness (QED) is 0.273. The topological polar surface area (TPSA) is 36.9 Å². The van der Waals surface area contributed by atoms with Gasteiger partial charge in [0.05, 0.1) is 6.61 Å². The monoisotopic (exact) mass is 500 g/mol. The number of alkyl halides is 2. The van der Waals surface area contributed by atoms with Crippen LogP contribution in [0, 0.1) is 0 Å². The van der Waals surface area contributed by atoms with Crippen LogP contribution in [0.1, 0.15) is 28.5 Å². The highest BCUT2D eigenvalue weighted by atomic mass is 19.3. The molecule has 2 bridgehead atoms. The number of hydrogen-bond acceptors (Lipinski definition) is 4. The fraction of sp³-hybridized carbons (Fsp3) is 0.226. The van der Waals surface area contributed by atoms with E-state index in [1.54, 1.807) is 12.1 Å². The number of rotatable bonds is 7. The van der Waals surface area contributed by atoms with Crippen LogP contribution >= 0.6 is 0 Å². The number of halogens is 2. The summed E-state index contributed by atoms with van der Waals surface area (Å²) in [7, 11) is 0. The lowest BCUT2D eigenvalue weighted by Crippen LogP contribution is -2.49. The van der Waals surface area contributed by atoms with Crippen LogP contribution in [-0.2, 0) is 24.5 Å². The SMILES string of the molecule is FC1(F)C2OC(c3ccccc3)O[C@H]1O[C@@H]2COC(c1ccccc1)(c1ccccc1)c1ccccc1. The first-order valence-electron chi connectivity index (χ1n) is 12.3. The number of ether oxygens (including phenoxy) is 4. The summed E-state index contributed by atoms with van der Waals surface area (Å²) in [5.74, 6) is -3.31. The van der Waals surface area contributed by atoms with Crippen molar-refractivity contribution in [2.45, 2.75) is 36.3 Å². The highest BCUT2D eigenvalue weighted by Gasteiger charge is 2.65. The van der Waals surface area contributed by atoms with Crippen molar-refractivity contribution in [1.29, 1.82) is 0 Å². The summed E-state index contributed by atoms with van der Waals surface area (Å²) in [4.78, 5) is 0. The Labute approximate surface area is 214 Å². The van der Waals surface area contributed by atoms with Crippen molar-refractivity contribution in [2.24, 2.45) is 0 Å². The lowest BCUT2D eigenvalue weighted by atomic mass is 9.80. The summed E-state index contributed by atoms with van der Waals surface area (Å²) < 4.78 is 54.1. The van der Waals surface area contributed by atoms with E-state index in [0.29, 0.717) is 5.56 Å². The molecule has 2 saturated heterocycles. The number of benzene rings is 4. The second kappa shape index (κ2) is 9.80. The lowest BCUT2D eigenvalue weighted by Gasteiger charge is -2.37. The van der Waals surface area contributed by atoms with E-state index in [0.717, 1.165) is 16.7 Å². The Morgan fingerprint density at radius 2 is 1.08 bits per heavy atom. The molecule has 0 radical (unpaired) electrons. The molecule has 0 saturated carbocycles. The molecule has 0 N–H and O–H groups in total. The molecule has 188 valence electrons. The highest BCUT2D eigenvalue weighted by Crippen LogP contribution is 2.48. The van der Waals surface area contributed by atoms with Gasteiger partial charge in [0.2, 0.25) is 6.29 Å². The van der Waals surface area contributed by atoms with E-state index in [-0.39, 0.29) is 6.61 Å². The molecule has 0 amide bonds. The second-order valence-electron chi connectivity index (χ2n) is 9.21. The smallest absolute Gasteiger partial charge is 0.326 e. The molecular weight excluding hydrogens is 474 g/mol. The molecule has 0 aliphatic carbocycles. The molecule has 2 aliphatic heterocycles. The molecule has 2 unspecified atom stereocenters. The first-order valence-corrected chi connectivity index (χ1v) is 12.3. The maximum absolute atomic E-state index is 15.2. The average Bonchev–Trinajstić information content (AvgIpc) is 3.08. The van der Waals surface area contributed by atoms with Gasteiger partial charge < -0.3 is 18.9 Å². The van der Waals surface area contributed by atoms with Gasteiger partial charge in [-0.1, -0.05) is 121 Å². The summed E-state index contributed by atoms with van der Waals surface area (Å²) in [5.41, 5.74) is 2.22.